The minimum atomic E-state index is -0.662. The highest BCUT2D eigenvalue weighted by Crippen LogP contribution is 2.29. The smallest absolute Gasteiger partial charge is 0.312 e. The fourth-order valence-electron chi connectivity index (χ4n) is 1.66. The van der Waals surface area contributed by atoms with Crippen molar-refractivity contribution >= 4 is 17.3 Å². The summed E-state index contributed by atoms with van der Waals surface area (Å²) in [4.78, 5) is 10.3. The van der Waals surface area contributed by atoms with Gasteiger partial charge in [0, 0.05) is 16.7 Å². The van der Waals surface area contributed by atoms with Gasteiger partial charge in [0.05, 0.1) is 16.6 Å². The van der Waals surface area contributed by atoms with Gasteiger partial charge in [-0.1, -0.05) is 11.6 Å². The Morgan fingerprint density at radius 3 is 2.76 bits per heavy atom. The molecule has 2 aromatic rings. The number of nitrogens with zero attached hydrogens (tertiary/aromatic N) is 2. The second kappa shape index (κ2) is 6.20. The summed E-state index contributed by atoms with van der Waals surface area (Å²) < 4.78 is 18.8. The van der Waals surface area contributed by atoms with Crippen LogP contribution in [0.3, 0.4) is 0 Å². The molecule has 0 aliphatic carbocycles. The van der Waals surface area contributed by atoms with E-state index in [9.17, 15) is 14.5 Å². The number of ether oxygens (including phenoxy) is 1. The molecule has 106 valence electrons. The number of nitriles is 1. The lowest BCUT2D eigenvalue weighted by Gasteiger charge is -2.08. The first-order chi connectivity index (χ1) is 10.0. The van der Waals surface area contributed by atoms with Gasteiger partial charge in [0.15, 0.2) is 5.75 Å². The monoisotopic (exact) mass is 306 g/mol. The number of hydrogen-bond donors (Lipinski definition) is 0. The first-order valence-corrected chi connectivity index (χ1v) is 6.14. The maximum atomic E-state index is 13.5. The summed E-state index contributed by atoms with van der Waals surface area (Å²) in [6.07, 6.45) is 0. The first-order valence-electron chi connectivity index (χ1n) is 5.76. The zero-order valence-corrected chi connectivity index (χ0v) is 11.3. The summed E-state index contributed by atoms with van der Waals surface area (Å²) in [6.45, 7) is -0.209. The van der Waals surface area contributed by atoms with Gasteiger partial charge in [-0.25, -0.2) is 4.39 Å². The lowest BCUT2D eigenvalue weighted by Crippen LogP contribution is -2.01. The maximum absolute atomic E-state index is 13.5. The highest BCUT2D eigenvalue weighted by Gasteiger charge is 2.16. The zero-order valence-electron chi connectivity index (χ0n) is 10.5. The van der Waals surface area contributed by atoms with E-state index < -0.39 is 10.7 Å². The van der Waals surface area contributed by atoms with Crippen LogP contribution in [-0.4, -0.2) is 4.92 Å². The van der Waals surface area contributed by atoms with Crippen LogP contribution >= 0.6 is 11.6 Å². The molecular weight excluding hydrogens is 299 g/mol. The molecule has 0 fully saturated rings. The first kappa shape index (κ1) is 14.8. The van der Waals surface area contributed by atoms with E-state index in [1.165, 1.54) is 30.3 Å². The van der Waals surface area contributed by atoms with Crippen LogP contribution < -0.4 is 4.74 Å². The third-order valence-electron chi connectivity index (χ3n) is 2.68. The Morgan fingerprint density at radius 2 is 2.10 bits per heavy atom. The summed E-state index contributed by atoms with van der Waals surface area (Å²) in [5.74, 6) is -0.561. The topological polar surface area (TPSA) is 76.2 Å². The number of nitro groups is 1. The van der Waals surface area contributed by atoms with Gasteiger partial charge in [-0.05, 0) is 30.3 Å². The molecule has 7 heteroatoms. The van der Waals surface area contributed by atoms with Crippen molar-refractivity contribution in [1.82, 2.24) is 0 Å². The lowest BCUT2D eigenvalue weighted by atomic mass is 10.2. The molecule has 0 amide bonds. The second-order valence-corrected chi connectivity index (χ2v) is 4.51. The van der Waals surface area contributed by atoms with Gasteiger partial charge in [0.2, 0.25) is 0 Å². The van der Waals surface area contributed by atoms with Crippen molar-refractivity contribution in [1.29, 1.82) is 5.26 Å². The van der Waals surface area contributed by atoms with Crippen LogP contribution in [0.4, 0.5) is 10.1 Å². The van der Waals surface area contributed by atoms with Gasteiger partial charge in [-0.3, -0.25) is 10.1 Å². The van der Waals surface area contributed by atoms with Crippen LogP contribution in [0.2, 0.25) is 5.02 Å². The molecule has 0 unspecified atom stereocenters. The van der Waals surface area contributed by atoms with E-state index in [4.69, 9.17) is 21.6 Å². The Balaban J connectivity index is 2.26. The number of halogens is 2. The summed E-state index contributed by atoms with van der Waals surface area (Å²) in [6, 6.07) is 9.56. The van der Waals surface area contributed by atoms with Gasteiger partial charge in [-0.2, -0.15) is 5.26 Å². The molecule has 5 nitrogen and oxygen atoms in total. The molecular formula is C14H8ClFN2O3. The number of hydrogen-bond acceptors (Lipinski definition) is 4. The molecule has 0 aliphatic rings. The molecule has 2 rings (SSSR count). The normalized spacial score (nSPS) is 9.95. The van der Waals surface area contributed by atoms with E-state index in [0.29, 0.717) is 5.02 Å². The number of rotatable bonds is 4. The molecule has 0 heterocycles. The largest absolute Gasteiger partial charge is 0.482 e. The molecule has 0 bridgehead atoms. The third kappa shape index (κ3) is 3.46. The Hall–Kier alpha value is -2.65. The Labute approximate surface area is 124 Å². The van der Waals surface area contributed by atoms with Crippen LogP contribution in [0, 0.1) is 27.3 Å². The fourth-order valence-corrected chi connectivity index (χ4v) is 1.86. The molecule has 0 N–H and O–H groups in total. The van der Waals surface area contributed by atoms with Crippen LogP contribution in [0.15, 0.2) is 36.4 Å². The van der Waals surface area contributed by atoms with Gasteiger partial charge >= 0.3 is 5.69 Å². The van der Waals surface area contributed by atoms with Crippen molar-refractivity contribution in [2.24, 2.45) is 0 Å². The van der Waals surface area contributed by atoms with Crippen molar-refractivity contribution in [3.63, 3.8) is 0 Å². The highest BCUT2D eigenvalue weighted by molar-refractivity contribution is 6.30. The summed E-state index contributed by atoms with van der Waals surface area (Å²) in [7, 11) is 0. The molecule has 0 spiro atoms. The molecule has 0 radical (unpaired) electrons. The molecule has 2 aromatic carbocycles. The fraction of sp³-hybridized carbons (Fsp3) is 0.0714. The minimum absolute atomic E-state index is 0.0432. The van der Waals surface area contributed by atoms with Gasteiger partial charge < -0.3 is 4.74 Å². The van der Waals surface area contributed by atoms with E-state index in [0.717, 1.165) is 6.07 Å². The predicted molar refractivity (Wildman–Crippen MR) is 73.6 cm³/mol. The predicted octanol–water partition coefficient (Wildman–Crippen LogP) is 3.84. The molecule has 21 heavy (non-hydrogen) atoms. The van der Waals surface area contributed by atoms with Crippen molar-refractivity contribution in [2.45, 2.75) is 6.61 Å². The zero-order chi connectivity index (χ0) is 15.4. The summed E-state index contributed by atoms with van der Waals surface area (Å²) in [5.41, 5.74) is -0.0272. The third-order valence-corrected chi connectivity index (χ3v) is 2.91. The highest BCUT2D eigenvalue weighted by atomic mass is 35.5. The molecule has 0 saturated carbocycles. The SMILES string of the molecule is N#Cc1ccc(OCc2cc(Cl)ccc2F)c([N+](=O)[O-])c1. The van der Waals surface area contributed by atoms with Crippen LogP contribution in [0.1, 0.15) is 11.1 Å². The summed E-state index contributed by atoms with van der Waals surface area (Å²) in [5, 5.41) is 20.0. The Bertz CT molecular complexity index is 743. The van der Waals surface area contributed by atoms with Crippen molar-refractivity contribution in [3.05, 3.63) is 68.5 Å². The number of nitro benzene ring substituents is 1. The van der Waals surface area contributed by atoms with Crippen LogP contribution in [-0.2, 0) is 6.61 Å². The second-order valence-electron chi connectivity index (χ2n) is 4.08. The average Bonchev–Trinajstić information content (AvgIpc) is 2.48. The van der Waals surface area contributed by atoms with Crippen LogP contribution in [0.5, 0.6) is 5.75 Å². The maximum Gasteiger partial charge on any atom is 0.312 e. The molecule has 0 atom stereocenters. The van der Waals surface area contributed by atoms with Crippen LogP contribution in [0.25, 0.3) is 0 Å². The Kier molecular flexibility index (Phi) is 4.36. The quantitative estimate of drug-likeness (QED) is 0.635. The van der Waals surface area contributed by atoms with Crippen molar-refractivity contribution in [2.75, 3.05) is 0 Å². The average molecular weight is 307 g/mol. The Morgan fingerprint density at radius 1 is 1.33 bits per heavy atom. The lowest BCUT2D eigenvalue weighted by molar-refractivity contribution is -0.386. The standard InChI is InChI=1S/C14H8ClFN2O3/c15-11-2-3-12(16)10(6-11)8-21-14-4-1-9(7-17)5-13(14)18(19)20/h1-6H,8H2. The van der Waals surface area contributed by atoms with Gasteiger partial charge in [-0.15, -0.1) is 0 Å². The van der Waals surface area contributed by atoms with E-state index in [-0.39, 0.29) is 29.2 Å². The van der Waals surface area contributed by atoms with E-state index >= 15 is 0 Å². The summed E-state index contributed by atoms with van der Waals surface area (Å²) >= 11 is 5.75. The van der Waals surface area contributed by atoms with Gasteiger partial charge in [0.1, 0.15) is 12.4 Å². The van der Waals surface area contributed by atoms with E-state index in [1.807, 2.05) is 0 Å². The van der Waals surface area contributed by atoms with E-state index in [1.54, 1.807) is 6.07 Å². The minimum Gasteiger partial charge on any atom is -0.482 e. The molecule has 0 aliphatic heterocycles. The number of benzene rings is 2. The van der Waals surface area contributed by atoms with Crippen molar-refractivity contribution < 1.29 is 14.1 Å². The molecule has 0 aromatic heterocycles. The van der Waals surface area contributed by atoms with E-state index in [2.05, 4.69) is 0 Å². The van der Waals surface area contributed by atoms with Crippen molar-refractivity contribution in [3.8, 4) is 11.8 Å². The van der Waals surface area contributed by atoms with Gasteiger partial charge in [0.25, 0.3) is 0 Å². The molecule has 0 saturated heterocycles.